The smallest absolute Gasteiger partial charge is 0.400 e. The van der Waals surface area contributed by atoms with Crippen molar-refractivity contribution in [3.05, 3.63) is 64.9 Å². The topological polar surface area (TPSA) is 136 Å². The molecule has 0 fully saturated rings. The van der Waals surface area contributed by atoms with Crippen molar-refractivity contribution >= 4 is 45.0 Å². The van der Waals surface area contributed by atoms with Crippen LogP contribution in [-0.4, -0.2) is 62.4 Å². The van der Waals surface area contributed by atoms with E-state index in [4.69, 9.17) is 16.3 Å². The minimum absolute atomic E-state index is 0.0786. The summed E-state index contributed by atoms with van der Waals surface area (Å²) in [6.07, 6.45) is -3.80. The number of halogens is 1. The van der Waals surface area contributed by atoms with Crippen molar-refractivity contribution in [3.63, 3.8) is 0 Å². The molecule has 4 rings (SSSR count). The van der Waals surface area contributed by atoms with Crippen molar-refractivity contribution in [2.45, 2.75) is 29.0 Å². The van der Waals surface area contributed by atoms with Gasteiger partial charge in [0.15, 0.2) is 11.0 Å². The summed E-state index contributed by atoms with van der Waals surface area (Å²) in [6.45, 7) is 1.79. The highest BCUT2D eigenvalue weighted by molar-refractivity contribution is 7.92. The van der Waals surface area contributed by atoms with Crippen LogP contribution in [0.4, 0.5) is 5.69 Å². The van der Waals surface area contributed by atoms with Crippen LogP contribution >= 0.6 is 11.6 Å². The number of esters is 2. The van der Waals surface area contributed by atoms with E-state index >= 15 is 0 Å². The number of sulfonamides is 1. The second kappa shape index (κ2) is 8.26. The number of nitrogens with zero attached hydrogens (tertiary/aromatic N) is 2. The normalized spacial score (nSPS) is 24.4. The fourth-order valence-corrected chi connectivity index (χ4v) is 6.80. The van der Waals surface area contributed by atoms with Gasteiger partial charge in [-0.25, -0.2) is 22.3 Å². The quantitative estimate of drug-likeness (QED) is 0.276. The van der Waals surface area contributed by atoms with Crippen molar-refractivity contribution in [1.29, 1.82) is 0 Å². The van der Waals surface area contributed by atoms with E-state index < -0.39 is 50.7 Å². The molecule has 0 aliphatic carbocycles. The number of aryl methyl sites for hydroxylation is 1. The van der Waals surface area contributed by atoms with Crippen LogP contribution in [0.1, 0.15) is 11.1 Å². The molecule has 2 aromatic carbocycles. The number of aliphatic hydroxyl groups excluding tert-OH is 1. The number of rotatable bonds is 5. The molecule has 2 aliphatic heterocycles. The number of benzene rings is 2. The van der Waals surface area contributed by atoms with Gasteiger partial charge in [-0.3, -0.25) is 0 Å². The van der Waals surface area contributed by atoms with E-state index in [-0.39, 0.29) is 20.9 Å². The largest absolute Gasteiger partial charge is 0.622 e. The van der Waals surface area contributed by atoms with Gasteiger partial charge >= 0.3 is 11.9 Å². The average molecular weight is 509 g/mol. The molecule has 34 heavy (non-hydrogen) atoms. The molecule has 12 heteroatoms. The molecule has 4 atom stereocenters. The van der Waals surface area contributed by atoms with Crippen molar-refractivity contribution < 1.29 is 37.3 Å². The van der Waals surface area contributed by atoms with Crippen LogP contribution in [0.2, 0.25) is 0 Å². The summed E-state index contributed by atoms with van der Waals surface area (Å²) < 4.78 is 37.8. The molecule has 0 aromatic heterocycles. The predicted octanol–water partition coefficient (Wildman–Crippen LogP) is 1.25. The van der Waals surface area contributed by atoms with Gasteiger partial charge in [-0.1, -0.05) is 35.9 Å². The second-order valence-corrected chi connectivity index (χ2v) is 10.4. The van der Waals surface area contributed by atoms with Crippen LogP contribution in [0.25, 0.3) is 0 Å². The Bertz CT molecular complexity index is 1310. The standard InChI is InChI=1S/C22H21ClN2O8S/c1-12-8-10-13(11-9-12)34(30,31)25-15-7-5-4-6-14(15)22(23)16(18(26)20(28)33-3)17(19(27)32-2)24(29)21(22)25/h4-11,16,18,21,26H,1-3H3/t16-,18+,21-,22+/m1/s1. The molecule has 0 bridgehead atoms. The summed E-state index contributed by atoms with van der Waals surface area (Å²) in [6, 6.07) is 12.0. The molecule has 10 nitrogen and oxygen atoms in total. The number of hydroxylamine groups is 1. The summed E-state index contributed by atoms with van der Waals surface area (Å²) >= 11 is 7.02. The van der Waals surface area contributed by atoms with Crippen LogP contribution in [0.15, 0.2) is 53.4 Å². The molecular weight excluding hydrogens is 488 g/mol. The third kappa shape index (κ3) is 3.18. The van der Waals surface area contributed by atoms with Gasteiger partial charge in [-0.2, -0.15) is 4.74 Å². The highest BCUT2D eigenvalue weighted by atomic mass is 35.5. The first-order chi connectivity index (χ1) is 16.0. The van der Waals surface area contributed by atoms with Crippen molar-refractivity contribution in [2.75, 3.05) is 18.5 Å². The number of carbonyl (C=O) groups is 2. The minimum Gasteiger partial charge on any atom is -0.622 e. The summed E-state index contributed by atoms with van der Waals surface area (Å²) in [7, 11) is -2.36. The van der Waals surface area contributed by atoms with E-state index in [1.807, 2.05) is 0 Å². The van der Waals surface area contributed by atoms with Crippen molar-refractivity contribution in [3.8, 4) is 0 Å². The number of hydrogen-bond acceptors (Lipinski definition) is 8. The van der Waals surface area contributed by atoms with Crippen LogP contribution < -0.4 is 4.31 Å². The van der Waals surface area contributed by atoms with E-state index in [0.29, 0.717) is 0 Å². The number of alkyl halides is 1. The lowest BCUT2D eigenvalue weighted by Gasteiger charge is -2.29. The highest BCUT2D eigenvalue weighted by Crippen LogP contribution is 2.58. The van der Waals surface area contributed by atoms with Gasteiger partial charge in [0.2, 0.25) is 0 Å². The summed E-state index contributed by atoms with van der Waals surface area (Å²) in [5.74, 6) is -3.99. The predicted molar refractivity (Wildman–Crippen MR) is 121 cm³/mol. The SMILES string of the molecule is COC(=O)C1=[N+]([O-])[C@@H]2N(S(=O)(=O)c3ccc(C)cc3)c3ccccc3[C@]2(Cl)[C@H]1[C@H](O)C(=O)OC. The third-order valence-electron chi connectivity index (χ3n) is 6.09. The van der Waals surface area contributed by atoms with Gasteiger partial charge in [-0.15, -0.1) is 11.6 Å². The van der Waals surface area contributed by atoms with Crippen LogP contribution in [0, 0.1) is 18.0 Å². The van der Waals surface area contributed by atoms with E-state index in [1.54, 1.807) is 31.2 Å². The lowest BCUT2D eigenvalue weighted by atomic mass is 9.80. The van der Waals surface area contributed by atoms with Gasteiger partial charge in [0, 0.05) is 5.56 Å². The zero-order chi connectivity index (χ0) is 25.0. The van der Waals surface area contributed by atoms with Crippen LogP contribution in [0.3, 0.4) is 0 Å². The zero-order valence-electron chi connectivity index (χ0n) is 18.3. The Morgan fingerprint density at radius 1 is 1.15 bits per heavy atom. The fourth-order valence-electron chi connectivity index (χ4n) is 4.54. The Hall–Kier alpha value is -3.15. The minimum atomic E-state index is -4.38. The maximum Gasteiger partial charge on any atom is 0.400 e. The average Bonchev–Trinajstić information content (AvgIpc) is 3.23. The Morgan fingerprint density at radius 3 is 2.35 bits per heavy atom. The molecule has 2 heterocycles. The van der Waals surface area contributed by atoms with Gasteiger partial charge < -0.3 is 19.8 Å². The monoisotopic (exact) mass is 508 g/mol. The number of fused-ring (bicyclic) bond motifs is 3. The third-order valence-corrected chi connectivity index (χ3v) is 8.51. The maximum atomic E-state index is 13.8. The Morgan fingerprint density at radius 2 is 1.76 bits per heavy atom. The molecule has 0 amide bonds. The number of hydrogen-bond donors (Lipinski definition) is 1. The number of aliphatic hydroxyl groups is 1. The lowest BCUT2D eigenvalue weighted by Crippen LogP contribution is -2.51. The molecule has 0 radical (unpaired) electrons. The van der Waals surface area contributed by atoms with Gasteiger partial charge in [-0.05, 0) is 25.1 Å². The second-order valence-electron chi connectivity index (χ2n) is 7.92. The van der Waals surface area contributed by atoms with E-state index in [1.165, 1.54) is 24.3 Å². The Labute approximate surface area is 200 Å². The van der Waals surface area contributed by atoms with Crippen LogP contribution in [-0.2, 0) is 34.0 Å². The fraction of sp³-hybridized carbons (Fsp3) is 0.318. The van der Waals surface area contributed by atoms with E-state index in [2.05, 4.69) is 4.74 Å². The molecule has 2 aliphatic rings. The van der Waals surface area contributed by atoms with Gasteiger partial charge in [0.25, 0.3) is 21.9 Å². The van der Waals surface area contributed by atoms with Crippen molar-refractivity contribution in [1.82, 2.24) is 0 Å². The Kier molecular flexibility index (Phi) is 5.83. The Balaban J connectivity index is 2.01. The first-order valence-electron chi connectivity index (χ1n) is 10.1. The van der Waals surface area contributed by atoms with Gasteiger partial charge in [0.1, 0.15) is 5.92 Å². The summed E-state index contributed by atoms with van der Waals surface area (Å²) in [4.78, 5) is 22.8. The highest BCUT2D eigenvalue weighted by Gasteiger charge is 2.73. The molecule has 2 aromatic rings. The summed E-state index contributed by atoms with van der Waals surface area (Å²) in [5.41, 5.74) is 0.348. The number of methoxy groups -OCH3 is 2. The zero-order valence-corrected chi connectivity index (χ0v) is 19.9. The molecule has 0 spiro atoms. The molecule has 1 N–H and O–H groups in total. The van der Waals surface area contributed by atoms with Crippen molar-refractivity contribution in [2.24, 2.45) is 5.92 Å². The number of ether oxygens (including phenoxy) is 2. The van der Waals surface area contributed by atoms with Gasteiger partial charge in [0.05, 0.1) is 24.8 Å². The first kappa shape index (κ1) is 24.0. The van der Waals surface area contributed by atoms with E-state index in [0.717, 1.165) is 24.1 Å². The molecule has 0 saturated heterocycles. The molecular formula is C22H21ClN2O8S. The first-order valence-corrected chi connectivity index (χ1v) is 11.9. The molecule has 180 valence electrons. The van der Waals surface area contributed by atoms with Crippen LogP contribution in [0.5, 0.6) is 0 Å². The number of para-hydroxylation sites is 1. The molecule has 0 saturated carbocycles. The number of anilines is 1. The van der Waals surface area contributed by atoms with E-state index in [9.17, 15) is 28.3 Å². The summed E-state index contributed by atoms with van der Waals surface area (Å²) in [5, 5.41) is 24.4. The maximum absolute atomic E-state index is 13.8. The lowest BCUT2D eigenvalue weighted by molar-refractivity contribution is -0.492. The molecule has 0 unspecified atom stereocenters. The number of carbonyl (C=O) groups excluding carboxylic acids is 2.